The van der Waals surface area contributed by atoms with Gasteiger partial charge in [0, 0.05) is 17.0 Å². The molecule has 0 spiro atoms. The first-order valence-electron chi connectivity index (χ1n) is 10.6. The van der Waals surface area contributed by atoms with Crippen LogP contribution in [-0.4, -0.2) is 26.2 Å². The van der Waals surface area contributed by atoms with E-state index in [1.54, 1.807) is 0 Å². The second kappa shape index (κ2) is 7.03. The predicted molar refractivity (Wildman–Crippen MR) is 121 cm³/mol. The van der Waals surface area contributed by atoms with Gasteiger partial charge < -0.3 is 4.90 Å². The van der Waals surface area contributed by atoms with Crippen molar-refractivity contribution in [3.05, 3.63) is 24.0 Å². The molecule has 0 N–H and O–H groups in total. The van der Waals surface area contributed by atoms with Crippen molar-refractivity contribution in [1.82, 2.24) is 14.6 Å². The molecule has 0 bridgehead atoms. The van der Waals surface area contributed by atoms with Gasteiger partial charge in [-0.05, 0) is 50.2 Å². The molecule has 2 rings (SSSR count). The summed E-state index contributed by atoms with van der Waals surface area (Å²) >= 11 is 0. The zero-order valence-corrected chi connectivity index (χ0v) is 20.3. The Labute approximate surface area is 172 Å². The van der Waals surface area contributed by atoms with Crippen molar-refractivity contribution in [3.63, 3.8) is 0 Å². The van der Waals surface area contributed by atoms with E-state index < -0.39 is 0 Å². The minimum atomic E-state index is -0.0493. The minimum Gasteiger partial charge on any atom is -0.347 e. The first-order chi connectivity index (χ1) is 12.4. The molecule has 0 fully saturated rings. The molecule has 4 heteroatoms. The Morgan fingerprint density at radius 1 is 0.893 bits per heavy atom. The third kappa shape index (κ3) is 5.07. The van der Waals surface area contributed by atoms with Crippen LogP contribution in [0.1, 0.15) is 95.2 Å². The number of hydrogen-bond donors (Lipinski definition) is 0. The van der Waals surface area contributed by atoms with Crippen LogP contribution in [0.15, 0.2) is 18.3 Å². The van der Waals surface area contributed by atoms with Crippen LogP contribution in [0.4, 0.5) is 5.82 Å². The smallest absolute Gasteiger partial charge is 0.153 e. The maximum atomic E-state index is 5.11. The summed E-state index contributed by atoms with van der Waals surface area (Å²) in [6.07, 6.45) is 3.06. The van der Waals surface area contributed by atoms with E-state index in [0.717, 1.165) is 23.6 Å². The zero-order valence-electron chi connectivity index (χ0n) is 20.3. The van der Waals surface area contributed by atoms with Crippen molar-refractivity contribution in [1.29, 1.82) is 0 Å². The van der Waals surface area contributed by atoms with E-state index in [4.69, 9.17) is 5.10 Å². The van der Waals surface area contributed by atoms with E-state index in [1.165, 1.54) is 0 Å². The molecule has 0 amide bonds. The molecule has 2 aromatic heterocycles. The van der Waals surface area contributed by atoms with Crippen molar-refractivity contribution < 1.29 is 0 Å². The minimum absolute atomic E-state index is 0.00750. The maximum Gasteiger partial charge on any atom is 0.153 e. The SMILES string of the molecule is CC(C)(C)CC(N(c1ccc2ncc(C(C)(C)C)n2n1)C(C)(C)C)C(C)(C)C. The Balaban J connectivity index is 2.68. The van der Waals surface area contributed by atoms with Crippen molar-refractivity contribution in [3.8, 4) is 0 Å². The van der Waals surface area contributed by atoms with Crippen molar-refractivity contribution >= 4 is 11.5 Å². The third-order valence-electron chi connectivity index (χ3n) is 5.20. The molecule has 4 nitrogen and oxygen atoms in total. The number of imidazole rings is 1. The average Bonchev–Trinajstić information content (AvgIpc) is 2.85. The van der Waals surface area contributed by atoms with E-state index in [1.807, 2.05) is 10.7 Å². The highest BCUT2D eigenvalue weighted by molar-refractivity contribution is 5.50. The molecule has 2 heterocycles. The normalized spacial score (nSPS) is 15.1. The van der Waals surface area contributed by atoms with Gasteiger partial charge in [-0.1, -0.05) is 62.3 Å². The fourth-order valence-electron chi connectivity index (χ4n) is 3.84. The van der Waals surface area contributed by atoms with Crippen molar-refractivity contribution in [2.75, 3.05) is 4.90 Å². The number of anilines is 1. The molecule has 0 radical (unpaired) electrons. The van der Waals surface area contributed by atoms with Crippen LogP contribution in [0.3, 0.4) is 0 Å². The van der Waals surface area contributed by atoms with E-state index >= 15 is 0 Å². The van der Waals surface area contributed by atoms with Gasteiger partial charge in [0.25, 0.3) is 0 Å². The Bertz CT molecular complexity index is 804. The monoisotopic (exact) mass is 386 g/mol. The second-order valence-corrected chi connectivity index (χ2v) is 12.5. The summed E-state index contributed by atoms with van der Waals surface area (Å²) in [6.45, 7) is 27.5. The molecule has 1 unspecified atom stereocenters. The largest absolute Gasteiger partial charge is 0.347 e. The van der Waals surface area contributed by atoms with Crippen LogP contribution in [0.5, 0.6) is 0 Å². The fourth-order valence-corrected chi connectivity index (χ4v) is 3.84. The summed E-state index contributed by atoms with van der Waals surface area (Å²) in [5.41, 5.74) is 2.35. The molecule has 0 saturated carbocycles. The summed E-state index contributed by atoms with van der Waals surface area (Å²) in [6, 6.07) is 4.60. The molecule has 0 aliphatic heterocycles. The highest BCUT2D eigenvalue weighted by Crippen LogP contribution is 2.39. The van der Waals surface area contributed by atoms with Gasteiger partial charge in [-0.2, -0.15) is 0 Å². The van der Waals surface area contributed by atoms with Crippen LogP contribution in [0.2, 0.25) is 0 Å². The van der Waals surface area contributed by atoms with Gasteiger partial charge in [0.1, 0.15) is 5.82 Å². The molecule has 158 valence electrons. The number of hydrogen-bond acceptors (Lipinski definition) is 3. The summed E-state index contributed by atoms with van der Waals surface area (Å²) in [5, 5.41) is 5.11. The first kappa shape index (κ1) is 22.7. The molecule has 2 aromatic rings. The summed E-state index contributed by atoms with van der Waals surface area (Å²) in [4.78, 5) is 7.11. The lowest BCUT2D eigenvalue weighted by molar-refractivity contribution is 0.196. The quantitative estimate of drug-likeness (QED) is 0.605. The van der Waals surface area contributed by atoms with Crippen LogP contribution in [-0.2, 0) is 5.41 Å². The molecule has 0 aliphatic carbocycles. The predicted octanol–water partition coefficient (Wildman–Crippen LogP) is 6.48. The van der Waals surface area contributed by atoms with Gasteiger partial charge in [-0.15, -0.1) is 5.10 Å². The number of aromatic nitrogens is 3. The first-order valence-corrected chi connectivity index (χ1v) is 10.6. The number of nitrogens with zero attached hydrogens (tertiary/aromatic N) is 4. The Morgan fingerprint density at radius 2 is 1.46 bits per heavy atom. The molecule has 0 aromatic carbocycles. The van der Waals surface area contributed by atoms with E-state index in [0.29, 0.717) is 6.04 Å². The lowest BCUT2D eigenvalue weighted by Gasteiger charge is -2.50. The van der Waals surface area contributed by atoms with Crippen LogP contribution < -0.4 is 4.90 Å². The number of rotatable bonds is 3. The van der Waals surface area contributed by atoms with Crippen LogP contribution in [0.25, 0.3) is 5.65 Å². The summed E-state index contributed by atoms with van der Waals surface area (Å²) in [5.74, 6) is 1.02. The van der Waals surface area contributed by atoms with Crippen molar-refractivity contribution in [2.24, 2.45) is 10.8 Å². The molecular formula is C24H42N4. The third-order valence-corrected chi connectivity index (χ3v) is 5.20. The van der Waals surface area contributed by atoms with Gasteiger partial charge in [-0.25, -0.2) is 9.50 Å². The Kier molecular flexibility index (Phi) is 5.70. The van der Waals surface area contributed by atoms with E-state index in [2.05, 4.69) is 105 Å². The molecular weight excluding hydrogens is 344 g/mol. The van der Waals surface area contributed by atoms with Gasteiger partial charge in [0.15, 0.2) is 5.65 Å². The summed E-state index contributed by atoms with van der Waals surface area (Å²) < 4.78 is 2.03. The van der Waals surface area contributed by atoms with E-state index in [9.17, 15) is 0 Å². The lowest BCUT2D eigenvalue weighted by Crippen LogP contribution is -2.55. The highest BCUT2D eigenvalue weighted by atomic mass is 15.4. The standard InChI is InChI=1S/C24H42N4/c1-21(2,3)15-17(22(4,5)6)27(24(10,11)12)20-14-13-19-25-16-18(23(7,8)9)28(19)26-20/h13-14,16-17H,15H2,1-12H3. The Hall–Kier alpha value is -1.58. The van der Waals surface area contributed by atoms with Gasteiger partial charge in [0.05, 0.1) is 11.9 Å². The zero-order chi connectivity index (χ0) is 21.7. The van der Waals surface area contributed by atoms with Crippen LogP contribution >= 0.6 is 0 Å². The Morgan fingerprint density at radius 3 is 1.89 bits per heavy atom. The fraction of sp³-hybridized carbons (Fsp3) is 0.750. The molecule has 1 atom stereocenters. The number of fused-ring (bicyclic) bond motifs is 1. The van der Waals surface area contributed by atoms with Gasteiger partial charge in [-0.3, -0.25) is 0 Å². The molecule has 28 heavy (non-hydrogen) atoms. The lowest BCUT2D eigenvalue weighted by atomic mass is 9.75. The summed E-state index contributed by atoms with van der Waals surface area (Å²) in [7, 11) is 0. The molecule has 0 saturated heterocycles. The van der Waals surface area contributed by atoms with E-state index in [-0.39, 0.29) is 21.8 Å². The van der Waals surface area contributed by atoms with Crippen LogP contribution in [0, 0.1) is 10.8 Å². The van der Waals surface area contributed by atoms with Gasteiger partial charge in [0.2, 0.25) is 0 Å². The highest BCUT2D eigenvalue weighted by Gasteiger charge is 2.39. The average molecular weight is 387 g/mol. The maximum absolute atomic E-state index is 5.11. The van der Waals surface area contributed by atoms with Gasteiger partial charge >= 0.3 is 0 Å². The van der Waals surface area contributed by atoms with Crippen molar-refractivity contribution in [2.45, 2.75) is 107 Å². The molecule has 0 aliphatic rings. The topological polar surface area (TPSA) is 33.4 Å². The second-order valence-electron chi connectivity index (χ2n) is 12.5.